The largest absolute Gasteiger partial charge is 0.502 e. The number of carbonyl (C=O) groups is 2. The van der Waals surface area contributed by atoms with Crippen LogP contribution in [0.4, 0.5) is 5.69 Å². The fourth-order valence-corrected chi connectivity index (χ4v) is 15.7. The summed E-state index contributed by atoms with van der Waals surface area (Å²) in [4.78, 5) is 28.9. The molecule has 4 aromatic rings. The molecule has 14 heteroatoms. The maximum Gasteiger partial charge on any atom is 0.254 e. The van der Waals surface area contributed by atoms with Gasteiger partial charge in [-0.25, -0.2) is 0 Å². The molecule has 7 atom stereocenters. The molecule has 3 heterocycles. The van der Waals surface area contributed by atoms with Gasteiger partial charge in [0.25, 0.3) is 11.8 Å². The van der Waals surface area contributed by atoms with E-state index in [1.54, 1.807) is 24.1 Å². The van der Waals surface area contributed by atoms with Gasteiger partial charge < -0.3 is 49.4 Å². The fraction of sp³-hybridized carbons (Fsp3) is 0.508. The van der Waals surface area contributed by atoms with Gasteiger partial charge >= 0.3 is 0 Å². The smallest absolute Gasteiger partial charge is 0.254 e. The summed E-state index contributed by atoms with van der Waals surface area (Å²) in [6.07, 6.45) is 18.1. The Bertz CT molecular complexity index is 2950. The van der Waals surface area contributed by atoms with E-state index in [1.807, 2.05) is 24.3 Å². The van der Waals surface area contributed by atoms with E-state index < -0.39 is 40.8 Å². The Morgan fingerprint density at radius 2 is 1.53 bits per heavy atom. The van der Waals surface area contributed by atoms with E-state index in [4.69, 9.17) is 23.7 Å². The van der Waals surface area contributed by atoms with E-state index in [0.717, 1.165) is 123 Å². The van der Waals surface area contributed by atoms with Crippen molar-refractivity contribution in [3.63, 3.8) is 0 Å². The second-order valence-corrected chi connectivity index (χ2v) is 22.4. The third-order valence-corrected chi connectivity index (χ3v) is 18.9. The first kappa shape index (κ1) is 49.8. The molecule has 7 unspecified atom stereocenters. The first-order valence-corrected chi connectivity index (χ1v) is 27.6. The average molecular weight is 1020 g/mol. The summed E-state index contributed by atoms with van der Waals surface area (Å²) < 4.78 is 32.3. The number of allylic oxidation sites excluding steroid dienone is 1. The van der Waals surface area contributed by atoms with Crippen molar-refractivity contribution in [2.45, 2.75) is 138 Å². The molecule has 12 rings (SSSR count). The first-order chi connectivity index (χ1) is 36.5. The number of aliphatic hydroxyl groups is 3. The molecule has 2 amide bonds. The van der Waals surface area contributed by atoms with E-state index >= 15 is 0 Å². The maximum atomic E-state index is 13.7. The highest BCUT2D eigenvalue weighted by Crippen LogP contribution is 2.62. The molecule has 5 aliphatic carbocycles. The van der Waals surface area contributed by atoms with E-state index in [1.165, 1.54) is 19.3 Å². The Balaban J connectivity index is 0.885. The normalized spacial score (nSPS) is 27.0. The van der Waals surface area contributed by atoms with Crippen LogP contribution < -0.4 is 34.3 Å². The van der Waals surface area contributed by atoms with Crippen molar-refractivity contribution < 1.29 is 53.7 Å². The molecule has 3 fully saturated rings. The second kappa shape index (κ2) is 19.5. The van der Waals surface area contributed by atoms with Crippen LogP contribution in [0.3, 0.4) is 0 Å². The van der Waals surface area contributed by atoms with Gasteiger partial charge in [0.2, 0.25) is 5.75 Å². The quantitative estimate of drug-likeness (QED) is 0.0518. The van der Waals surface area contributed by atoms with Crippen molar-refractivity contribution in [1.29, 1.82) is 0 Å². The number of nitrogens with one attached hydrogen (secondary N) is 2. The third kappa shape index (κ3) is 7.85. The number of benzene rings is 4. The minimum atomic E-state index is -1.07. The Kier molecular flexibility index (Phi) is 12.9. The first-order valence-electron chi connectivity index (χ1n) is 27.6. The lowest BCUT2D eigenvalue weighted by Gasteiger charge is -2.60. The van der Waals surface area contributed by atoms with Crippen molar-refractivity contribution in [1.82, 2.24) is 10.2 Å². The molecular formula is C61H71N3O11. The van der Waals surface area contributed by atoms with Gasteiger partial charge in [-0.15, -0.1) is 0 Å². The monoisotopic (exact) mass is 1020 g/mol. The number of imide groups is 1. The number of hydrogen-bond donors (Lipinski definition) is 6. The van der Waals surface area contributed by atoms with Gasteiger partial charge in [0.05, 0.1) is 51.2 Å². The Morgan fingerprint density at radius 3 is 2.27 bits per heavy atom. The van der Waals surface area contributed by atoms with Gasteiger partial charge in [-0.05, 0) is 104 Å². The van der Waals surface area contributed by atoms with Crippen molar-refractivity contribution in [2.75, 3.05) is 45.9 Å². The van der Waals surface area contributed by atoms with Crippen molar-refractivity contribution in [2.24, 2.45) is 17.8 Å². The number of carbonyl (C=O) groups excluding carboxylic acids is 2. The molecule has 0 spiro atoms. The lowest BCUT2D eigenvalue weighted by Crippen LogP contribution is -2.64. The van der Waals surface area contributed by atoms with Gasteiger partial charge in [-0.3, -0.25) is 19.8 Å². The zero-order valence-corrected chi connectivity index (χ0v) is 43.4. The number of methoxy groups -OCH3 is 2. The van der Waals surface area contributed by atoms with Crippen molar-refractivity contribution in [3.8, 4) is 45.6 Å². The van der Waals surface area contributed by atoms with Crippen LogP contribution in [0, 0.1) is 17.8 Å². The van der Waals surface area contributed by atoms with Crippen LogP contribution in [0.25, 0.3) is 17.2 Å². The molecule has 75 heavy (non-hydrogen) atoms. The minimum absolute atomic E-state index is 0.0341. The molecule has 396 valence electrons. The number of amides is 2. The van der Waals surface area contributed by atoms with E-state index in [-0.39, 0.29) is 60.7 Å². The molecule has 0 bridgehead atoms. The zero-order chi connectivity index (χ0) is 51.8. The van der Waals surface area contributed by atoms with Crippen LogP contribution >= 0.6 is 0 Å². The molecule has 8 aliphatic rings. The predicted molar refractivity (Wildman–Crippen MR) is 283 cm³/mol. The fourth-order valence-electron chi connectivity index (χ4n) is 15.7. The van der Waals surface area contributed by atoms with E-state index in [2.05, 4.69) is 41.8 Å². The summed E-state index contributed by atoms with van der Waals surface area (Å²) in [5.74, 6) is 0.161. The number of phenolic OH excluding ortho intramolecular Hbond substituents is 1. The molecule has 14 nitrogen and oxygen atoms in total. The SMILES string of the molecule is CCNC1(Oc2cc(OC)c3c4c2C(O)Nc2cc5c(c(c2-4)CC3)C(O)C(c2cc(OC)c(O)c(OCC(CO)C34CCCC(C6(N7C(=O)C=CC7=O)CCCCC6)C3C=Cc3ccccc34)c2)CO5)CCCCC1. The van der Waals surface area contributed by atoms with Gasteiger partial charge in [0, 0.05) is 82.3 Å². The van der Waals surface area contributed by atoms with Gasteiger partial charge in [-0.2, -0.15) is 0 Å². The number of hydrogen-bond acceptors (Lipinski definition) is 13. The number of nitrogens with zero attached hydrogens (tertiary/aromatic N) is 1. The third-order valence-electron chi connectivity index (χ3n) is 18.9. The summed E-state index contributed by atoms with van der Waals surface area (Å²) in [5, 5.41) is 55.3. The number of anilines is 1. The summed E-state index contributed by atoms with van der Waals surface area (Å²) in [5.41, 5.74) is 6.62. The number of aliphatic hydroxyl groups excluding tert-OH is 3. The number of rotatable bonds is 14. The summed E-state index contributed by atoms with van der Waals surface area (Å²) in [6, 6.07) is 15.6. The Labute approximate surface area is 439 Å². The summed E-state index contributed by atoms with van der Waals surface area (Å²) in [6.45, 7) is 2.75. The average Bonchev–Trinajstić information content (AvgIpc) is 3.78. The van der Waals surface area contributed by atoms with Crippen molar-refractivity contribution >= 4 is 23.6 Å². The molecule has 6 N–H and O–H groups in total. The molecular weight excluding hydrogens is 951 g/mol. The minimum Gasteiger partial charge on any atom is -0.502 e. The topological polar surface area (TPSA) is 189 Å². The molecule has 0 saturated heterocycles. The van der Waals surface area contributed by atoms with Crippen LogP contribution in [0.15, 0.2) is 66.8 Å². The lowest BCUT2D eigenvalue weighted by molar-refractivity contribution is -0.153. The predicted octanol–water partition coefficient (Wildman–Crippen LogP) is 9.45. The van der Waals surface area contributed by atoms with Crippen LogP contribution in [0.1, 0.15) is 148 Å². The van der Waals surface area contributed by atoms with Crippen LogP contribution in [0.2, 0.25) is 0 Å². The number of ether oxygens (including phenoxy) is 5. The Hall–Kier alpha value is -6.06. The maximum absolute atomic E-state index is 13.7. The molecule has 0 radical (unpaired) electrons. The number of fused-ring (bicyclic) bond motifs is 5. The van der Waals surface area contributed by atoms with E-state index in [0.29, 0.717) is 52.5 Å². The van der Waals surface area contributed by atoms with Gasteiger partial charge in [0.15, 0.2) is 23.5 Å². The highest BCUT2D eigenvalue weighted by Gasteiger charge is 2.60. The number of aromatic hydroxyl groups is 1. The van der Waals surface area contributed by atoms with Crippen LogP contribution in [-0.4, -0.2) is 89.0 Å². The van der Waals surface area contributed by atoms with Gasteiger partial charge in [-0.1, -0.05) is 75.4 Å². The Morgan fingerprint density at radius 1 is 0.813 bits per heavy atom. The molecule has 0 aromatic heterocycles. The lowest BCUT2D eigenvalue weighted by atomic mass is 9.47. The molecule has 4 aromatic carbocycles. The van der Waals surface area contributed by atoms with Crippen LogP contribution in [0.5, 0.6) is 34.5 Å². The molecule has 3 saturated carbocycles. The zero-order valence-electron chi connectivity index (χ0n) is 43.4. The standard InChI is InChI=1S/C61H71N3O11/c1-4-62-60(25-11-6-12-26-60)75-47-31-45(71-2)38-18-19-39-52-44(63-58(70)55(47)54(38)52)30-46-53(39)56(68)40(34-74-46)36-28-48(72-3)57(69)49(29-36)73-33-37(32-65)61-27-13-16-42(43(61)20-17-35-14-7-8-15-41(35)61)59(23-9-5-10-24-59)64-50(66)21-22-51(64)67/h7-8,14-15,17,20-22,28-31,37,40,42-43,56,58,62-63,65,68-70H,4-6,9-13,16,18-19,23-27,32-34H2,1-3H3. The highest BCUT2D eigenvalue weighted by atomic mass is 16.5. The van der Waals surface area contributed by atoms with Gasteiger partial charge in [0.1, 0.15) is 17.2 Å². The summed E-state index contributed by atoms with van der Waals surface area (Å²) in [7, 11) is 3.15. The summed E-state index contributed by atoms with van der Waals surface area (Å²) >= 11 is 0. The molecule has 3 aliphatic heterocycles. The highest BCUT2D eigenvalue weighted by molar-refractivity contribution is 6.13. The second-order valence-electron chi connectivity index (χ2n) is 22.4. The van der Waals surface area contributed by atoms with E-state index in [9.17, 15) is 30.0 Å². The van der Waals surface area contributed by atoms with Crippen LogP contribution in [-0.2, 0) is 27.8 Å². The number of phenols is 1. The van der Waals surface area contributed by atoms with Crippen molar-refractivity contribution in [3.05, 3.63) is 106 Å².